The standard InChI is InChI=1S/C12H25NO3/c1-9(12(15-3)16-4)13-10-5-7-11(14-2)8-6-10/h9-13H,5-8H2,1-4H3. The molecule has 0 aliphatic heterocycles. The zero-order chi connectivity index (χ0) is 12.0. The summed E-state index contributed by atoms with van der Waals surface area (Å²) in [7, 11) is 5.15. The Balaban J connectivity index is 2.27. The van der Waals surface area contributed by atoms with E-state index in [1.165, 1.54) is 12.8 Å². The molecule has 0 radical (unpaired) electrons. The lowest BCUT2D eigenvalue weighted by Gasteiger charge is -2.32. The van der Waals surface area contributed by atoms with Crippen molar-refractivity contribution in [3.8, 4) is 0 Å². The van der Waals surface area contributed by atoms with Crippen molar-refractivity contribution < 1.29 is 14.2 Å². The van der Waals surface area contributed by atoms with Gasteiger partial charge in [-0.05, 0) is 32.6 Å². The van der Waals surface area contributed by atoms with Crippen molar-refractivity contribution in [2.24, 2.45) is 0 Å². The zero-order valence-electron chi connectivity index (χ0n) is 10.9. The van der Waals surface area contributed by atoms with Crippen LogP contribution >= 0.6 is 0 Å². The van der Waals surface area contributed by atoms with Crippen molar-refractivity contribution in [2.75, 3.05) is 21.3 Å². The summed E-state index contributed by atoms with van der Waals surface area (Å²) in [5.74, 6) is 0. The smallest absolute Gasteiger partial charge is 0.171 e. The maximum Gasteiger partial charge on any atom is 0.171 e. The fourth-order valence-electron chi connectivity index (χ4n) is 2.42. The van der Waals surface area contributed by atoms with Crippen molar-refractivity contribution in [1.29, 1.82) is 0 Å². The highest BCUT2D eigenvalue weighted by molar-refractivity contribution is 4.80. The van der Waals surface area contributed by atoms with E-state index in [4.69, 9.17) is 14.2 Å². The third kappa shape index (κ3) is 4.01. The first kappa shape index (κ1) is 13.9. The van der Waals surface area contributed by atoms with Crippen LogP contribution in [0.2, 0.25) is 0 Å². The van der Waals surface area contributed by atoms with Crippen LogP contribution in [0.5, 0.6) is 0 Å². The van der Waals surface area contributed by atoms with Gasteiger partial charge in [-0.15, -0.1) is 0 Å². The number of hydrogen-bond acceptors (Lipinski definition) is 4. The Morgan fingerprint density at radius 2 is 1.56 bits per heavy atom. The highest BCUT2D eigenvalue weighted by Crippen LogP contribution is 2.21. The third-order valence-electron chi connectivity index (χ3n) is 3.38. The first-order chi connectivity index (χ1) is 7.71. The van der Waals surface area contributed by atoms with E-state index in [-0.39, 0.29) is 12.3 Å². The Bertz CT molecular complexity index is 177. The van der Waals surface area contributed by atoms with E-state index in [9.17, 15) is 0 Å². The van der Waals surface area contributed by atoms with Crippen LogP contribution in [0.4, 0.5) is 0 Å². The SMILES string of the molecule is COC1CCC(NC(C)C(OC)OC)CC1. The Kier molecular flexibility index (Phi) is 6.28. The molecule has 1 aliphatic carbocycles. The van der Waals surface area contributed by atoms with Crippen molar-refractivity contribution in [3.63, 3.8) is 0 Å². The number of hydrogen-bond donors (Lipinski definition) is 1. The molecule has 0 aromatic heterocycles. The number of ether oxygens (including phenoxy) is 3. The molecule has 0 amide bonds. The van der Waals surface area contributed by atoms with Gasteiger partial charge in [-0.2, -0.15) is 0 Å². The molecule has 0 heterocycles. The molecule has 16 heavy (non-hydrogen) atoms. The minimum atomic E-state index is -0.167. The second-order valence-corrected chi connectivity index (χ2v) is 4.50. The van der Waals surface area contributed by atoms with Crippen molar-refractivity contribution >= 4 is 0 Å². The van der Waals surface area contributed by atoms with Gasteiger partial charge < -0.3 is 19.5 Å². The summed E-state index contributed by atoms with van der Waals surface area (Å²) >= 11 is 0. The van der Waals surface area contributed by atoms with E-state index in [1.54, 1.807) is 21.3 Å². The first-order valence-corrected chi connectivity index (χ1v) is 6.05. The van der Waals surface area contributed by atoms with E-state index in [0.717, 1.165) is 12.8 Å². The average molecular weight is 231 g/mol. The fourth-order valence-corrected chi connectivity index (χ4v) is 2.42. The first-order valence-electron chi connectivity index (χ1n) is 6.05. The Morgan fingerprint density at radius 1 is 1.00 bits per heavy atom. The maximum absolute atomic E-state index is 5.36. The van der Waals surface area contributed by atoms with E-state index in [2.05, 4.69) is 12.2 Å². The summed E-state index contributed by atoms with van der Waals surface area (Å²) in [6, 6.07) is 0.785. The van der Waals surface area contributed by atoms with Crippen LogP contribution in [-0.2, 0) is 14.2 Å². The minimum Gasteiger partial charge on any atom is -0.381 e. The van der Waals surface area contributed by atoms with E-state index in [1.807, 2.05) is 0 Å². The second-order valence-electron chi connectivity index (χ2n) is 4.50. The molecule has 0 aromatic carbocycles. The molecule has 1 rings (SSSR count). The average Bonchev–Trinajstić information content (AvgIpc) is 2.31. The van der Waals surface area contributed by atoms with Gasteiger partial charge in [-0.25, -0.2) is 0 Å². The Hall–Kier alpha value is -0.160. The van der Waals surface area contributed by atoms with Crippen LogP contribution in [0.1, 0.15) is 32.6 Å². The summed E-state index contributed by atoms with van der Waals surface area (Å²) in [5, 5.41) is 3.56. The molecule has 96 valence electrons. The molecule has 0 spiro atoms. The molecule has 1 saturated carbocycles. The van der Waals surface area contributed by atoms with Crippen LogP contribution in [0.3, 0.4) is 0 Å². The highest BCUT2D eigenvalue weighted by atomic mass is 16.7. The number of nitrogens with one attached hydrogen (secondary N) is 1. The summed E-state index contributed by atoms with van der Waals surface area (Å²) in [5.41, 5.74) is 0. The second kappa shape index (κ2) is 7.22. The molecule has 4 heteroatoms. The highest BCUT2D eigenvalue weighted by Gasteiger charge is 2.24. The lowest BCUT2D eigenvalue weighted by atomic mass is 9.92. The normalized spacial score (nSPS) is 28.3. The lowest BCUT2D eigenvalue weighted by Crippen LogP contribution is -2.46. The molecule has 1 fully saturated rings. The van der Waals surface area contributed by atoms with E-state index >= 15 is 0 Å². The molecule has 1 unspecified atom stereocenters. The topological polar surface area (TPSA) is 39.7 Å². The number of rotatable bonds is 6. The van der Waals surface area contributed by atoms with Crippen LogP contribution in [0, 0.1) is 0 Å². The summed E-state index contributed by atoms with van der Waals surface area (Å²) < 4.78 is 15.8. The molecular formula is C12H25NO3. The quantitative estimate of drug-likeness (QED) is 0.704. The summed E-state index contributed by atoms with van der Waals surface area (Å²) in [6.07, 6.45) is 4.91. The predicted octanol–water partition coefficient (Wildman–Crippen LogP) is 1.54. The van der Waals surface area contributed by atoms with Gasteiger partial charge in [-0.3, -0.25) is 0 Å². The van der Waals surface area contributed by atoms with Crippen molar-refractivity contribution in [2.45, 2.75) is 57.1 Å². The fraction of sp³-hybridized carbons (Fsp3) is 1.00. The van der Waals surface area contributed by atoms with Crippen LogP contribution in [-0.4, -0.2) is 45.8 Å². The van der Waals surface area contributed by atoms with Gasteiger partial charge in [0.2, 0.25) is 0 Å². The molecule has 0 bridgehead atoms. The van der Waals surface area contributed by atoms with E-state index < -0.39 is 0 Å². The van der Waals surface area contributed by atoms with Crippen LogP contribution in [0.25, 0.3) is 0 Å². The summed E-state index contributed by atoms with van der Waals surface area (Å²) in [6.45, 7) is 2.10. The molecular weight excluding hydrogens is 206 g/mol. The van der Waals surface area contributed by atoms with Gasteiger partial charge in [0.25, 0.3) is 0 Å². The predicted molar refractivity (Wildman–Crippen MR) is 63.5 cm³/mol. The molecule has 1 aliphatic rings. The summed E-state index contributed by atoms with van der Waals surface area (Å²) in [4.78, 5) is 0. The molecule has 0 saturated heterocycles. The molecule has 1 N–H and O–H groups in total. The maximum atomic E-state index is 5.36. The van der Waals surface area contributed by atoms with Gasteiger partial charge in [0, 0.05) is 27.4 Å². The van der Waals surface area contributed by atoms with Crippen molar-refractivity contribution in [1.82, 2.24) is 5.32 Å². The third-order valence-corrected chi connectivity index (χ3v) is 3.38. The van der Waals surface area contributed by atoms with Gasteiger partial charge in [0.1, 0.15) is 0 Å². The molecule has 0 aromatic rings. The molecule has 4 nitrogen and oxygen atoms in total. The lowest BCUT2D eigenvalue weighted by molar-refractivity contribution is -0.121. The Labute approximate surface area is 98.6 Å². The van der Waals surface area contributed by atoms with Gasteiger partial charge in [0.05, 0.1) is 12.1 Å². The van der Waals surface area contributed by atoms with Gasteiger partial charge >= 0.3 is 0 Å². The largest absolute Gasteiger partial charge is 0.381 e. The van der Waals surface area contributed by atoms with Gasteiger partial charge in [0.15, 0.2) is 6.29 Å². The van der Waals surface area contributed by atoms with Crippen molar-refractivity contribution in [3.05, 3.63) is 0 Å². The minimum absolute atomic E-state index is 0.167. The monoisotopic (exact) mass is 231 g/mol. The van der Waals surface area contributed by atoms with Gasteiger partial charge in [-0.1, -0.05) is 0 Å². The Morgan fingerprint density at radius 3 is 2.00 bits per heavy atom. The van der Waals surface area contributed by atoms with Crippen LogP contribution < -0.4 is 5.32 Å². The van der Waals surface area contributed by atoms with Crippen LogP contribution in [0.15, 0.2) is 0 Å². The number of methoxy groups -OCH3 is 3. The van der Waals surface area contributed by atoms with E-state index in [0.29, 0.717) is 12.1 Å². The zero-order valence-corrected chi connectivity index (χ0v) is 10.9. The molecule has 1 atom stereocenters.